The molecule has 0 bridgehead atoms. The highest BCUT2D eigenvalue weighted by Gasteiger charge is 2.23. The van der Waals surface area contributed by atoms with Crippen molar-refractivity contribution in [3.8, 4) is 0 Å². The van der Waals surface area contributed by atoms with Gasteiger partial charge in [-0.05, 0) is 54.9 Å². The zero-order valence-electron chi connectivity index (χ0n) is 18.2. The van der Waals surface area contributed by atoms with Crippen LogP contribution < -0.4 is 16.0 Å². The molecule has 1 unspecified atom stereocenters. The molecule has 164 valence electrons. The van der Waals surface area contributed by atoms with E-state index in [1.807, 2.05) is 74.5 Å². The fourth-order valence-electron chi connectivity index (χ4n) is 3.28. The van der Waals surface area contributed by atoms with Gasteiger partial charge in [-0.2, -0.15) is 0 Å². The number of benzene rings is 3. The summed E-state index contributed by atoms with van der Waals surface area (Å²) in [4.78, 5) is 25.6. The molecule has 0 spiro atoms. The fraction of sp³-hybridized carbons (Fsp3) is 0.192. The van der Waals surface area contributed by atoms with Gasteiger partial charge in [0.15, 0.2) is 5.11 Å². The van der Waals surface area contributed by atoms with Gasteiger partial charge in [0.25, 0.3) is 5.91 Å². The number of hydrogen-bond acceptors (Lipinski definition) is 3. The Bertz CT molecular complexity index is 1030. The van der Waals surface area contributed by atoms with E-state index in [9.17, 15) is 9.59 Å². The first kappa shape index (κ1) is 23.2. The fourth-order valence-corrected chi connectivity index (χ4v) is 3.50. The maximum atomic E-state index is 13.2. The molecule has 0 aliphatic rings. The average Bonchev–Trinajstić information content (AvgIpc) is 2.80. The Kier molecular flexibility index (Phi) is 8.11. The predicted octanol–water partition coefficient (Wildman–Crippen LogP) is 4.86. The minimum absolute atomic E-state index is 0.0902. The molecule has 32 heavy (non-hydrogen) atoms. The minimum atomic E-state index is -0.496. The lowest BCUT2D eigenvalue weighted by Gasteiger charge is -2.19. The van der Waals surface area contributed by atoms with Crippen LogP contribution in [0.5, 0.6) is 0 Å². The summed E-state index contributed by atoms with van der Waals surface area (Å²) in [6.07, 6.45) is 0.851. The van der Waals surface area contributed by atoms with Gasteiger partial charge in [0.2, 0.25) is 5.91 Å². The van der Waals surface area contributed by atoms with E-state index in [0.717, 1.165) is 17.5 Å². The summed E-state index contributed by atoms with van der Waals surface area (Å²) in [5.41, 5.74) is 2.91. The lowest BCUT2D eigenvalue weighted by molar-refractivity contribution is -0.120. The molecule has 6 heteroatoms. The van der Waals surface area contributed by atoms with E-state index in [2.05, 4.69) is 16.0 Å². The molecule has 3 N–H and O–H groups in total. The Morgan fingerprint density at radius 2 is 1.47 bits per heavy atom. The first-order valence-electron chi connectivity index (χ1n) is 10.6. The maximum Gasteiger partial charge on any atom is 0.251 e. The van der Waals surface area contributed by atoms with Crippen molar-refractivity contribution in [2.24, 2.45) is 0 Å². The maximum absolute atomic E-state index is 13.2. The molecule has 0 fully saturated rings. The van der Waals surface area contributed by atoms with Gasteiger partial charge in [-0.3, -0.25) is 9.59 Å². The van der Waals surface area contributed by atoms with E-state index >= 15 is 0 Å². The summed E-state index contributed by atoms with van der Waals surface area (Å²) in [5, 5.41) is 8.92. The minimum Gasteiger partial charge on any atom is -0.350 e. The molecule has 3 aromatic carbocycles. The highest BCUT2D eigenvalue weighted by molar-refractivity contribution is 7.80. The van der Waals surface area contributed by atoms with Crippen LogP contribution in [0.1, 0.15) is 47.7 Å². The van der Waals surface area contributed by atoms with Crippen LogP contribution in [-0.2, 0) is 4.79 Å². The first-order chi connectivity index (χ1) is 15.5. The number of hydrogen-bond donors (Lipinski definition) is 3. The molecule has 0 heterocycles. The monoisotopic (exact) mass is 445 g/mol. The summed E-state index contributed by atoms with van der Waals surface area (Å²) in [7, 11) is 0. The van der Waals surface area contributed by atoms with Crippen molar-refractivity contribution in [3.63, 3.8) is 0 Å². The van der Waals surface area contributed by atoms with Gasteiger partial charge in [-0.15, -0.1) is 0 Å². The van der Waals surface area contributed by atoms with Gasteiger partial charge < -0.3 is 16.0 Å². The number of carbonyl (C=O) groups excluding carboxylic acids is 2. The third-order valence-electron chi connectivity index (χ3n) is 5.14. The van der Waals surface area contributed by atoms with Crippen LogP contribution in [0.15, 0.2) is 84.9 Å². The van der Waals surface area contributed by atoms with Crippen LogP contribution in [0.3, 0.4) is 0 Å². The van der Waals surface area contributed by atoms with Crippen molar-refractivity contribution in [2.75, 3.05) is 5.32 Å². The molecule has 1 atom stereocenters. The van der Waals surface area contributed by atoms with E-state index in [-0.39, 0.29) is 23.0 Å². The van der Waals surface area contributed by atoms with Crippen molar-refractivity contribution in [3.05, 3.63) is 102 Å². The number of nitrogens with one attached hydrogen (secondary N) is 3. The second kappa shape index (κ2) is 11.2. The number of thiocarbonyl (C=S) groups is 1. The quantitative estimate of drug-likeness (QED) is 0.454. The Hall–Kier alpha value is -3.51. The lowest BCUT2D eigenvalue weighted by atomic mass is 9.90. The van der Waals surface area contributed by atoms with E-state index in [1.54, 1.807) is 24.3 Å². The van der Waals surface area contributed by atoms with Crippen LogP contribution in [0.2, 0.25) is 0 Å². The van der Waals surface area contributed by atoms with Crippen molar-refractivity contribution >= 4 is 34.8 Å². The standard InChI is InChI=1S/C26H27N3O2S/c1-3-18(2)27-24(30)21-15-10-16-22(17-21)28-26(32)29-25(31)23(19-11-6-4-7-12-19)20-13-8-5-9-14-20/h4-18,23H,3H2,1-2H3,(H,27,30)(H2,28,29,31,32). The van der Waals surface area contributed by atoms with Crippen LogP contribution in [-0.4, -0.2) is 23.0 Å². The van der Waals surface area contributed by atoms with Crippen molar-refractivity contribution in [2.45, 2.75) is 32.2 Å². The molecule has 0 radical (unpaired) electrons. The van der Waals surface area contributed by atoms with Gasteiger partial charge >= 0.3 is 0 Å². The topological polar surface area (TPSA) is 70.2 Å². The Morgan fingerprint density at radius 3 is 2.03 bits per heavy atom. The average molecular weight is 446 g/mol. The van der Waals surface area contributed by atoms with Gasteiger partial charge in [-0.1, -0.05) is 73.7 Å². The van der Waals surface area contributed by atoms with Crippen molar-refractivity contribution in [1.82, 2.24) is 10.6 Å². The van der Waals surface area contributed by atoms with Crippen LogP contribution in [0.25, 0.3) is 0 Å². The van der Waals surface area contributed by atoms with Crippen LogP contribution >= 0.6 is 12.2 Å². The number of carbonyl (C=O) groups is 2. The van der Waals surface area contributed by atoms with Crippen molar-refractivity contribution in [1.29, 1.82) is 0 Å². The Labute approximate surface area is 194 Å². The molecule has 5 nitrogen and oxygen atoms in total. The van der Waals surface area contributed by atoms with E-state index in [1.165, 1.54) is 0 Å². The number of rotatable bonds is 7. The molecular weight excluding hydrogens is 418 g/mol. The molecule has 3 rings (SSSR count). The number of amides is 2. The van der Waals surface area contributed by atoms with Crippen molar-refractivity contribution < 1.29 is 9.59 Å². The Balaban J connectivity index is 1.71. The second-order valence-corrected chi connectivity index (χ2v) is 7.97. The van der Waals surface area contributed by atoms with Gasteiger partial charge in [0.1, 0.15) is 0 Å². The van der Waals surface area contributed by atoms with Gasteiger partial charge in [0, 0.05) is 17.3 Å². The predicted molar refractivity (Wildman–Crippen MR) is 133 cm³/mol. The molecule has 0 aliphatic heterocycles. The zero-order chi connectivity index (χ0) is 22.9. The summed E-state index contributed by atoms with van der Waals surface area (Å²) in [5.74, 6) is -0.874. The molecule has 0 aromatic heterocycles. The highest BCUT2D eigenvalue weighted by atomic mass is 32.1. The van der Waals surface area contributed by atoms with Crippen LogP contribution in [0, 0.1) is 0 Å². The van der Waals surface area contributed by atoms with Gasteiger partial charge in [-0.25, -0.2) is 0 Å². The lowest BCUT2D eigenvalue weighted by Crippen LogP contribution is -2.38. The van der Waals surface area contributed by atoms with E-state index in [4.69, 9.17) is 12.2 Å². The molecule has 0 saturated heterocycles. The molecule has 2 amide bonds. The first-order valence-corrected chi connectivity index (χ1v) is 11.0. The molecule has 0 saturated carbocycles. The molecular formula is C26H27N3O2S. The normalized spacial score (nSPS) is 11.5. The summed E-state index contributed by atoms with van der Waals surface area (Å²) >= 11 is 5.39. The summed E-state index contributed by atoms with van der Waals surface area (Å²) in [6.45, 7) is 3.97. The largest absolute Gasteiger partial charge is 0.350 e. The summed E-state index contributed by atoms with van der Waals surface area (Å²) < 4.78 is 0. The van der Waals surface area contributed by atoms with Gasteiger partial charge in [0.05, 0.1) is 5.92 Å². The van der Waals surface area contributed by atoms with E-state index < -0.39 is 5.92 Å². The van der Waals surface area contributed by atoms with E-state index in [0.29, 0.717) is 11.3 Å². The smallest absolute Gasteiger partial charge is 0.251 e. The third-order valence-corrected chi connectivity index (χ3v) is 5.34. The molecule has 0 aliphatic carbocycles. The zero-order valence-corrected chi connectivity index (χ0v) is 19.0. The highest BCUT2D eigenvalue weighted by Crippen LogP contribution is 2.24. The summed E-state index contributed by atoms with van der Waals surface area (Å²) in [6, 6.07) is 26.3. The second-order valence-electron chi connectivity index (χ2n) is 7.56. The van der Waals surface area contributed by atoms with Crippen LogP contribution in [0.4, 0.5) is 5.69 Å². The molecule has 3 aromatic rings. The Morgan fingerprint density at radius 1 is 0.875 bits per heavy atom. The SMILES string of the molecule is CCC(C)NC(=O)c1cccc(NC(=S)NC(=O)C(c2ccccc2)c2ccccc2)c1. The third kappa shape index (κ3) is 6.25. The number of anilines is 1.